The molecule has 2 N–H and O–H groups in total. The summed E-state index contributed by atoms with van der Waals surface area (Å²) < 4.78 is 5.38. The summed E-state index contributed by atoms with van der Waals surface area (Å²) in [6, 6.07) is 7.56. The van der Waals surface area contributed by atoms with Crippen molar-refractivity contribution in [1.29, 1.82) is 0 Å². The number of carbonyl (C=O) groups is 2. The molecule has 1 aromatic carbocycles. The number of hydrogen-bond donors (Lipinski definition) is 2. The van der Waals surface area contributed by atoms with Gasteiger partial charge in [-0.15, -0.1) is 0 Å². The molecular formula is C21H23N3O3. The van der Waals surface area contributed by atoms with E-state index in [0.29, 0.717) is 16.8 Å². The summed E-state index contributed by atoms with van der Waals surface area (Å²) in [5, 5.41) is 3.56. The number of ketones is 1. The molecule has 0 aliphatic carbocycles. The Bertz CT molecular complexity index is 1010. The smallest absolute Gasteiger partial charge is 0.412 e. The zero-order valence-electron chi connectivity index (χ0n) is 16.1. The molecule has 0 aliphatic heterocycles. The van der Waals surface area contributed by atoms with E-state index < -0.39 is 11.7 Å². The highest BCUT2D eigenvalue weighted by atomic mass is 16.6. The van der Waals surface area contributed by atoms with Crippen molar-refractivity contribution in [3.63, 3.8) is 0 Å². The lowest BCUT2D eigenvalue weighted by Crippen LogP contribution is -2.27. The third-order valence-corrected chi connectivity index (χ3v) is 4.08. The zero-order valence-corrected chi connectivity index (χ0v) is 16.1. The van der Waals surface area contributed by atoms with Crippen LogP contribution in [0.3, 0.4) is 0 Å². The Kier molecular flexibility index (Phi) is 4.74. The fourth-order valence-electron chi connectivity index (χ4n) is 3.09. The number of H-pyrrole nitrogens is 1. The van der Waals surface area contributed by atoms with Crippen molar-refractivity contribution in [1.82, 2.24) is 9.97 Å². The summed E-state index contributed by atoms with van der Waals surface area (Å²) in [6.07, 6.45) is 2.89. The molecule has 0 saturated heterocycles. The van der Waals surface area contributed by atoms with Crippen molar-refractivity contribution in [2.24, 2.45) is 0 Å². The van der Waals surface area contributed by atoms with E-state index in [0.717, 1.165) is 22.2 Å². The van der Waals surface area contributed by atoms with E-state index in [2.05, 4.69) is 15.3 Å². The molecule has 0 unspecified atom stereocenters. The first-order valence-electron chi connectivity index (χ1n) is 8.73. The number of amides is 1. The topological polar surface area (TPSA) is 84.1 Å². The SMILES string of the molecule is CC(=O)c1c(C)[nH]c2c(NC(=O)OC(C)(C)C)cc(-c3cccnc3)cc12. The van der Waals surface area contributed by atoms with Gasteiger partial charge in [0, 0.05) is 34.6 Å². The van der Waals surface area contributed by atoms with Crippen LogP contribution in [-0.4, -0.2) is 27.4 Å². The summed E-state index contributed by atoms with van der Waals surface area (Å²) in [5.74, 6) is -0.0368. The van der Waals surface area contributed by atoms with Crippen LogP contribution in [0.1, 0.15) is 43.7 Å². The van der Waals surface area contributed by atoms with Crippen molar-refractivity contribution < 1.29 is 14.3 Å². The van der Waals surface area contributed by atoms with Crippen LogP contribution in [0.25, 0.3) is 22.0 Å². The zero-order chi connectivity index (χ0) is 19.8. The average molecular weight is 365 g/mol. The second-order valence-corrected chi connectivity index (χ2v) is 7.50. The first-order chi connectivity index (χ1) is 12.7. The van der Waals surface area contributed by atoms with Gasteiger partial charge in [-0.3, -0.25) is 15.1 Å². The fraction of sp³-hybridized carbons (Fsp3) is 0.286. The van der Waals surface area contributed by atoms with E-state index in [-0.39, 0.29) is 5.78 Å². The third-order valence-electron chi connectivity index (χ3n) is 4.08. The molecule has 3 aromatic rings. The van der Waals surface area contributed by atoms with Gasteiger partial charge in [0.15, 0.2) is 5.78 Å². The molecule has 0 aliphatic rings. The molecule has 2 heterocycles. The number of rotatable bonds is 3. The van der Waals surface area contributed by atoms with Crippen molar-refractivity contribution in [3.05, 3.63) is 47.9 Å². The highest BCUT2D eigenvalue weighted by Crippen LogP contribution is 2.34. The number of nitrogens with one attached hydrogen (secondary N) is 2. The van der Waals surface area contributed by atoms with Crippen LogP contribution in [0.15, 0.2) is 36.7 Å². The maximum atomic E-state index is 12.3. The number of ether oxygens (including phenoxy) is 1. The molecule has 0 fully saturated rings. The summed E-state index contributed by atoms with van der Waals surface area (Å²) in [7, 11) is 0. The second kappa shape index (κ2) is 6.87. The van der Waals surface area contributed by atoms with Crippen molar-refractivity contribution in [2.75, 3.05) is 5.32 Å². The minimum atomic E-state index is -0.611. The molecule has 6 heteroatoms. The fourth-order valence-corrected chi connectivity index (χ4v) is 3.09. The van der Waals surface area contributed by atoms with Gasteiger partial charge in [-0.25, -0.2) is 4.79 Å². The van der Waals surface area contributed by atoms with Gasteiger partial charge in [0.25, 0.3) is 0 Å². The van der Waals surface area contributed by atoms with Crippen molar-refractivity contribution in [3.8, 4) is 11.1 Å². The molecule has 27 heavy (non-hydrogen) atoms. The number of hydrogen-bond acceptors (Lipinski definition) is 4. The van der Waals surface area contributed by atoms with Gasteiger partial charge < -0.3 is 9.72 Å². The van der Waals surface area contributed by atoms with E-state index in [9.17, 15) is 9.59 Å². The van der Waals surface area contributed by atoms with Crippen LogP contribution in [0.2, 0.25) is 0 Å². The predicted octanol–water partition coefficient (Wildman–Crippen LogP) is 5.09. The normalized spacial score (nSPS) is 11.4. The maximum Gasteiger partial charge on any atom is 0.412 e. The van der Waals surface area contributed by atoms with Crippen molar-refractivity contribution in [2.45, 2.75) is 40.2 Å². The highest BCUT2D eigenvalue weighted by molar-refractivity contribution is 6.13. The monoisotopic (exact) mass is 365 g/mol. The average Bonchev–Trinajstić information content (AvgIpc) is 2.90. The Balaban J connectivity index is 2.17. The van der Waals surface area contributed by atoms with Crippen LogP contribution in [0, 0.1) is 6.92 Å². The van der Waals surface area contributed by atoms with Gasteiger partial charge in [-0.2, -0.15) is 0 Å². The van der Waals surface area contributed by atoms with Gasteiger partial charge in [-0.1, -0.05) is 6.07 Å². The number of benzene rings is 1. The number of pyridine rings is 1. The minimum Gasteiger partial charge on any atom is -0.444 e. The number of aryl methyl sites for hydroxylation is 1. The van der Waals surface area contributed by atoms with E-state index >= 15 is 0 Å². The maximum absolute atomic E-state index is 12.3. The number of fused-ring (bicyclic) bond motifs is 1. The molecule has 0 radical (unpaired) electrons. The van der Waals surface area contributed by atoms with E-state index in [4.69, 9.17) is 4.74 Å². The Morgan fingerprint density at radius 2 is 1.93 bits per heavy atom. The molecule has 0 spiro atoms. The Hall–Kier alpha value is -3.15. The molecule has 0 bridgehead atoms. The molecule has 0 saturated carbocycles. The van der Waals surface area contributed by atoms with Gasteiger partial charge in [0.1, 0.15) is 5.60 Å². The Morgan fingerprint density at radius 1 is 1.19 bits per heavy atom. The van der Waals surface area contributed by atoms with E-state index in [1.807, 2.05) is 31.2 Å². The summed E-state index contributed by atoms with van der Waals surface area (Å²) in [5.41, 5.74) is 3.74. The minimum absolute atomic E-state index is 0.0368. The molecule has 140 valence electrons. The first kappa shape index (κ1) is 18.6. The first-order valence-corrected chi connectivity index (χ1v) is 8.73. The van der Waals surface area contributed by atoms with Crippen LogP contribution in [0.4, 0.5) is 10.5 Å². The Labute approximate surface area is 158 Å². The largest absolute Gasteiger partial charge is 0.444 e. The number of nitrogens with zero attached hydrogens (tertiary/aromatic N) is 1. The quantitative estimate of drug-likeness (QED) is 0.633. The lowest BCUT2D eigenvalue weighted by atomic mass is 10.0. The standard InChI is InChI=1S/C21H23N3O3/c1-12-18(13(2)25)16-9-15(14-7-6-8-22-11-14)10-17(19(16)23-12)24-20(26)27-21(3,4)5/h6-11,23H,1-5H3,(H,24,26). The van der Waals surface area contributed by atoms with E-state index in [1.54, 1.807) is 33.2 Å². The van der Waals surface area contributed by atoms with Crippen molar-refractivity contribution >= 4 is 28.5 Å². The third kappa shape index (κ3) is 4.00. The molecular weight excluding hydrogens is 342 g/mol. The second-order valence-electron chi connectivity index (χ2n) is 7.50. The summed E-state index contributed by atoms with van der Waals surface area (Å²) in [4.78, 5) is 31.9. The predicted molar refractivity (Wildman–Crippen MR) is 106 cm³/mol. The van der Waals surface area contributed by atoms with Gasteiger partial charge >= 0.3 is 6.09 Å². The lowest BCUT2D eigenvalue weighted by molar-refractivity contribution is 0.0636. The highest BCUT2D eigenvalue weighted by Gasteiger charge is 2.20. The van der Waals surface area contributed by atoms with Gasteiger partial charge in [0.05, 0.1) is 11.2 Å². The number of anilines is 1. The lowest BCUT2D eigenvalue weighted by Gasteiger charge is -2.20. The summed E-state index contributed by atoms with van der Waals surface area (Å²) in [6.45, 7) is 8.80. The Morgan fingerprint density at radius 3 is 2.52 bits per heavy atom. The molecule has 1 amide bonds. The molecule has 6 nitrogen and oxygen atoms in total. The number of Topliss-reactive ketones (excluding diaryl/α,β-unsaturated/α-hetero) is 1. The molecule has 0 atom stereocenters. The van der Waals surface area contributed by atoms with Crippen LogP contribution < -0.4 is 5.32 Å². The number of aromatic amines is 1. The van der Waals surface area contributed by atoms with Gasteiger partial charge in [-0.05, 0) is 58.4 Å². The summed E-state index contributed by atoms with van der Waals surface area (Å²) >= 11 is 0. The van der Waals surface area contributed by atoms with Gasteiger partial charge in [0.2, 0.25) is 0 Å². The van der Waals surface area contributed by atoms with Crippen LogP contribution >= 0.6 is 0 Å². The molecule has 2 aromatic heterocycles. The molecule has 3 rings (SSSR count). The van der Waals surface area contributed by atoms with E-state index in [1.165, 1.54) is 6.92 Å². The van der Waals surface area contributed by atoms with Crippen LogP contribution in [-0.2, 0) is 4.74 Å². The number of carbonyl (C=O) groups excluding carboxylic acids is 2. The van der Waals surface area contributed by atoms with Crippen LogP contribution in [0.5, 0.6) is 0 Å². The number of aromatic nitrogens is 2.